The molecule has 0 aromatic heterocycles. The van der Waals surface area contributed by atoms with Crippen molar-refractivity contribution in [3.05, 3.63) is 0 Å². The third-order valence-electron chi connectivity index (χ3n) is 1.96. The third kappa shape index (κ3) is 2.03. The molecule has 0 aliphatic carbocycles. The Morgan fingerprint density at radius 1 is 1.45 bits per heavy atom. The van der Waals surface area contributed by atoms with Crippen molar-refractivity contribution in [3.63, 3.8) is 0 Å². The topological polar surface area (TPSA) is 46.2 Å². The van der Waals surface area contributed by atoms with Crippen LogP contribution < -0.4 is 5.32 Å². The number of carbonyl (C=O) groups is 2. The number of piperidine rings is 1. The zero-order valence-electron chi connectivity index (χ0n) is 6.89. The quantitative estimate of drug-likeness (QED) is 0.560. The number of amides is 1. The van der Waals surface area contributed by atoms with Gasteiger partial charge in [-0.2, -0.15) is 0 Å². The van der Waals surface area contributed by atoms with Crippen LogP contribution in [0.4, 0.5) is 0 Å². The lowest BCUT2D eigenvalue weighted by atomic mass is 9.94. The Kier molecular flexibility index (Phi) is 2.27. The molecule has 3 nitrogen and oxygen atoms in total. The Balaban J connectivity index is 2.56. The van der Waals surface area contributed by atoms with Crippen LogP contribution in [0, 0.1) is 5.92 Å². The van der Waals surface area contributed by atoms with Gasteiger partial charge in [0.1, 0.15) is 5.78 Å². The molecule has 1 atom stereocenters. The van der Waals surface area contributed by atoms with Crippen LogP contribution in [-0.4, -0.2) is 17.7 Å². The van der Waals surface area contributed by atoms with E-state index in [1.54, 1.807) is 0 Å². The van der Waals surface area contributed by atoms with Crippen molar-refractivity contribution in [3.8, 4) is 0 Å². The fraction of sp³-hybridized carbons (Fsp3) is 0.750. The van der Waals surface area contributed by atoms with Crippen molar-refractivity contribution in [1.29, 1.82) is 0 Å². The van der Waals surface area contributed by atoms with Gasteiger partial charge in [-0.05, 0) is 5.92 Å². The maximum absolute atomic E-state index is 10.9. The number of hydrogen-bond acceptors (Lipinski definition) is 2. The molecule has 1 heterocycles. The van der Waals surface area contributed by atoms with E-state index in [2.05, 4.69) is 5.32 Å². The maximum Gasteiger partial charge on any atom is 0.227 e. The van der Waals surface area contributed by atoms with E-state index >= 15 is 0 Å². The predicted molar refractivity (Wildman–Crippen MR) is 41.0 cm³/mol. The number of nitrogens with one attached hydrogen (secondary N) is 1. The Morgan fingerprint density at radius 2 is 2.09 bits per heavy atom. The monoisotopic (exact) mass is 155 g/mol. The fourth-order valence-electron chi connectivity index (χ4n) is 1.21. The Labute approximate surface area is 66.2 Å². The van der Waals surface area contributed by atoms with E-state index in [-0.39, 0.29) is 24.2 Å². The van der Waals surface area contributed by atoms with Crippen LogP contribution in [-0.2, 0) is 9.59 Å². The van der Waals surface area contributed by atoms with Gasteiger partial charge >= 0.3 is 0 Å². The van der Waals surface area contributed by atoms with Gasteiger partial charge in [-0.15, -0.1) is 0 Å². The molecule has 11 heavy (non-hydrogen) atoms. The molecule has 1 aliphatic rings. The second kappa shape index (κ2) is 3.03. The highest BCUT2D eigenvalue weighted by Gasteiger charge is 2.25. The molecule has 3 heteroatoms. The van der Waals surface area contributed by atoms with E-state index < -0.39 is 0 Å². The minimum atomic E-state index is -0.125. The van der Waals surface area contributed by atoms with Gasteiger partial charge in [0.2, 0.25) is 5.91 Å². The molecule has 0 unspecified atom stereocenters. The van der Waals surface area contributed by atoms with Gasteiger partial charge < -0.3 is 5.32 Å². The maximum atomic E-state index is 10.9. The number of ketones is 1. The van der Waals surface area contributed by atoms with E-state index in [1.165, 1.54) is 0 Å². The highest BCUT2D eigenvalue weighted by molar-refractivity contribution is 6.00. The molecular formula is C8H13NO2. The molecule has 1 rings (SSSR count). The Bertz CT molecular complexity index is 171. The fourth-order valence-corrected chi connectivity index (χ4v) is 1.21. The van der Waals surface area contributed by atoms with Crippen molar-refractivity contribution in [2.45, 2.75) is 32.7 Å². The minimum Gasteiger partial charge on any atom is -0.352 e. The second-order valence-electron chi connectivity index (χ2n) is 3.34. The van der Waals surface area contributed by atoms with Gasteiger partial charge in [0.25, 0.3) is 0 Å². The first-order valence-electron chi connectivity index (χ1n) is 3.90. The summed E-state index contributed by atoms with van der Waals surface area (Å²) in [7, 11) is 0. The predicted octanol–water partition coefficient (Wildman–Crippen LogP) is 0.490. The van der Waals surface area contributed by atoms with E-state index in [0.717, 1.165) is 0 Å². The summed E-state index contributed by atoms with van der Waals surface area (Å²) in [5.41, 5.74) is 0. The van der Waals surface area contributed by atoms with Crippen LogP contribution >= 0.6 is 0 Å². The highest BCUT2D eigenvalue weighted by atomic mass is 16.2. The normalized spacial score (nSPS) is 25.5. The first kappa shape index (κ1) is 8.24. The van der Waals surface area contributed by atoms with Crippen molar-refractivity contribution in [1.82, 2.24) is 5.32 Å². The van der Waals surface area contributed by atoms with Crippen LogP contribution in [0.5, 0.6) is 0 Å². The summed E-state index contributed by atoms with van der Waals surface area (Å²) in [5.74, 6) is 0.288. The smallest absolute Gasteiger partial charge is 0.227 e. The van der Waals surface area contributed by atoms with Gasteiger partial charge in [0, 0.05) is 12.5 Å². The molecule has 1 saturated heterocycles. The van der Waals surface area contributed by atoms with Crippen LogP contribution in [0.15, 0.2) is 0 Å². The standard InChI is InChI=1S/C8H13NO2/c1-5(2)7-3-6(10)4-8(11)9-7/h5,7H,3-4H2,1-2H3,(H,9,11)/t7-/m0/s1. The summed E-state index contributed by atoms with van der Waals surface area (Å²) in [4.78, 5) is 21.8. The number of Topliss-reactive ketones (excluding diaryl/α,β-unsaturated/α-hetero) is 1. The van der Waals surface area contributed by atoms with Crippen LogP contribution in [0.1, 0.15) is 26.7 Å². The van der Waals surface area contributed by atoms with Gasteiger partial charge in [-0.1, -0.05) is 13.8 Å². The number of carbonyl (C=O) groups excluding carboxylic acids is 2. The zero-order chi connectivity index (χ0) is 8.43. The molecule has 0 saturated carbocycles. The SMILES string of the molecule is CC(C)[C@@H]1CC(=O)CC(=O)N1. The number of hydrogen-bond donors (Lipinski definition) is 1. The summed E-state index contributed by atoms with van der Waals surface area (Å²) >= 11 is 0. The summed E-state index contributed by atoms with van der Waals surface area (Å²) in [6.45, 7) is 4.01. The van der Waals surface area contributed by atoms with Crippen molar-refractivity contribution >= 4 is 11.7 Å². The molecule has 0 spiro atoms. The summed E-state index contributed by atoms with van der Waals surface area (Å²) < 4.78 is 0. The average molecular weight is 155 g/mol. The van der Waals surface area contributed by atoms with E-state index in [4.69, 9.17) is 0 Å². The summed E-state index contributed by atoms with van der Waals surface area (Å²) in [5, 5.41) is 2.79. The summed E-state index contributed by atoms with van der Waals surface area (Å²) in [6.07, 6.45) is 0.576. The number of rotatable bonds is 1. The molecule has 0 radical (unpaired) electrons. The van der Waals surface area contributed by atoms with Crippen LogP contribution in [0.2, 0.25) is 0 Å². The van der Waals surface area contributed by atoms with Gasteiger partial charge in [0.15, 0.2) is 0 Å². The van der Waals surface area contributed by atoms with Crippen LogP contribution in [0.25, 0.3) is 0 Å². The van der Waals surface area contributed by atoms with Crippen molar-refractivity contribution < 1.29 is 9.59 Å². The van der Waals surface area contributed by atoms with Gasteiger partial charge in [-0.3, -0.25) is 9.59 Å². The average Bonchev–Trinajstić information content (AvgIpc) is 1.85. The van der Waals surface area contributed by atoms with E-state index in [9.17, 15) is 9.59 Å². The molecule has 1 fully saturated rings. The lowest BCUT2D eigenvalue weighted by molar-refractivity contribution is -0.132. The molecule has 0 aromatic rings. The molecular weight excluding hydrogens is 142 g/mol. The zero-order valence-corrected chi connectivity index (χ0v) is 6.89. The third-order valence-corrected chi connectivity index (χ3v) is 1.96. The van der Waals surface area contributed by atoms with Gasteiger partial charge in [0.05, 0.1) is 6.42 Å². The van der Waals surface area contributed by atoms with Gasteiger partial charge in [-0.25, -0.2) is 0 Å². The highest BCUT2D eigenvalue weighted by Crippen LogP contribution is 2.12. The Hall–Kier alpha value is -0.860. The lowest BCUT2D eigenvalue weighted by Crippen LogP contribution is -2.45. The van der Waals surface area contributed by atoms with E-state index in [0.29, 0.717) is 12.3 Å². The van der Waals surface area contributed by atoms with Crippen LogP contribution in [0.3, 0.4) is 0 Å². The largest absolute Gasteiger partial charge is 0.352 e. The molecule has 62 valence electrons. The van der Waals surface area contributed by atoms with Crippen molar-refractivity contribution in [2.75, 3.05) is 0 Å². The lowest BCUT2D eigenvalue weighted by Gasteiger charge is -2.25. The minimum absolute atomic E-state index is 0.0590. The molecule has 1 amide bonds. The first-order chi connectivity index (χ1) is 5.09. The van der Waals surface area contributed by atoms with E-state index in [1.807, 2.05) is 13.8 Å². The molecule has 0 aromatic carbocycles. The van der Waals surface area contributed by atoms with Crippen molar-refractivity contribution in [2.24, 2.45) is 5.92 Å². The molecule has 1 aliphatic heterocycles. The molecule has 0 bridgehead atoms. The second-order valence-corrected chi connectivity index (χ2v) is 3.34. The molecule has 1 N–H and O–H groups in total. The first-order valence-corrected chi connectivity index (χ1v) is 3.90. The summed E-state index contributed by atoms with van der Waals surface area (Å²) in [6, 6.07) is 0.0590. The Morgan fingerprint density at radius 3 is 2.55 bits per heavy atom.